The molecular weight excluding hydrogens is 352 g/mol. The van der Waals surface area contributed by atoms with Crippen LogP contribution < -0.4 is 22.1 Å². The van der Waals surface area contributed by atoms with Crippen LogP contribution in [0.4, 0.5) is 10.5 Å². The van der Waals surface area contributed by atoms with Crippen molar-refractivity contribution in [3.8, 4) is 0 Å². The minimum Gasteiger partial charge on any atom is -0.351 e. The van der Waals surface area contributed by atoms with Gasteiger partial charge in [0, 0.05) is 11.7 Å². The van der Waals surface area contributed by atoms with Crippen LogP contribution in [0, 0.1) is 5.92 Å². The van der Waals surface area contributed by atoms with Gasteiger partial charge in [0.25, 0.3) is 0 Å². The van der Waals surface area contributed by atoms with Gasteiger partial charge in [0.15, 0.2) is 0 Å². The number of hydrogen-bond acceptors (Lipinski definition) is 3. The molecule has 7 heteroatoms. The number of anilines is 1. The normalized spacial score (nSPS) is 13.7. The number of rotatable bonds is 6. The number of benzene rings is 2. The van der Waals surface area contributed by atoms with E-state index in [1.165, 1.54) is 0 Å². The number of nitrogens with two attached hydrogens (primary N) is 2. The molecule has 3 amide bonds. The van der Waals surface area contributed by atoms with Crippen molar-refractivity contribution in [2.45, 2.75) is 25.9 Å². The molecule has 2 rings (SSSR count). The highest BCUT2D eigenvalue weighted by Crippen LogP contribution is 2.21. The van der Waals surface area contributed by atoms with Gasteiger partial charge in [-0.2, -0.15) is 0 Å². The zero-order valence-corrected chi connectivity index (χ0v) is 15.6. The lowest BCUT2D eigenvalue weighted by Gasteiger charge is -2.22. The van der Waals surface area contributed by atoms with Crippen LogP contribution in [0.25, 0.3) is 0 Å². The highest BCUT2D eigenvalue weighted by molar-refractivity contribution is 5.87. The molecule has 0 radical (unpaired) electrons. The Balaban J connectivity index is 0.00000338. The minimum atomic E-state index is -0.613. The van der Waals surface area contributed by atoms with Crippen LogP contribution in [0.1, 0.15) is 37.1 Å². The number of hydrogen-bond donors (Lipinski definition) is 4. The van der Waals surface area contributed by atoms with Crippen molar-refractivity contribution >= 4 is 30.0 Å². The van der Waals surface area contributed by atoms with Gasteiger partial charge < -0.3 is 22.1 Å². The van der Waals surface area contributed by atoms with Crippen LogP contribution in [0.15, 0.2) is 54.6 Å². The number of carbonyl (C=O) groups is 2. The molecule has 3 atom stereocenters. The summed E-state index contributed by atoms with van der Waals surface area (Å²) in [7, 11) is 0. The first kappa shape index (κ1) is 21.5. The van der Waals surface area contributed by atoms with Crippen molar-refractivity contribution in [3.63, 3.8) is 0 Å². The van der Waals surface area contributed by atoms with E-state index in [0.717, 1.165) is 11.1 Å². The first-order valence-electron chi connectivity index (χ1n) is 8.16. The van der Waals surface area contributed by atoms with Crippen LogP contribution in [0.3, 0.4) is 0 Å². The highest BCUT2D eigenvalue weighted by atomic mass is 35.5. The Hall–Kier alpha value is -2.57. The average Bonchev–Trinajstić information content (AvgIpc) is 2.61. The third-order valence-corrected chi connectivity index (χ3v) is 4.17. The fourth-order valence-electron chi connectivity index (χ4n) is 2.55. The summed E-state index contributed by atoms with van der Waals surface area (Å²) in [6.45, 7) is 3.72. The molecule has 3 unspecified atom stereocenters. The molecule has 6 nitrogen and oxygen atoms in total. The molecule has 0 saturated heterocycles. The molecule has 140 valence electrons. The number of carbonyl (C=O) groups excluding carboxylic acids is 2. The summed E-state index contributed by atoms with van der Waals surface area (Å²) in [6.07, 6.45) is 0. The third kappa shape index (κ3) is 5.75. The smallest absolute Gasteiger partial charge is 0.316 e. The molecule has 6 N–H and O–H groups in total. The van der Waals surface area contributed by atoms with Crippen LogP contribution in [-0.4, -0.2) is 11.9 Å². The van der Waals surface area contributed by atoms with E-state index in [-0.39, 0.29) is 36.3 Å². The predicted molar refractivity (Wildman–Crippen MR) is 106 cm³/mol. The summed E-state index contributed by atoms with van der Waals surface area (Å²) in [5.74, 6) is -0.469. The van der Waals surface area contributed by atoms with Gasteiger partial charge in [-0.3, -0.25) is 4.79 Å². The van der Waals surface area contributed by atoms with Crippen LogP contribution in [0.5, 0.6) is 0 Å². The third-order valence-electron chi connectivity index (χ3n) is 4.17. The summed E-state index contributed by atoms with van der Waals surface area (Å²) in [6, 6.07) is 15.5. The maximum Gasteiger partial charge on any atom is 0.316 e. The lowest BCUT2D eigenvalue weighted by molar-refractivity contribution is -0.125. The van der Waals surface area contributed by atoms with Crippen molar-refractivity contribution in [1.29, 1.82) is 0 Å². The van der Waals surface area contributed by atoms with Gasteiger partial charge >= 0.3 is 6.03 Å². The zero-order valence-electron chi connectivity index (χ0n) is 14.8. The Kier molecular flexibility index (Phi) is 8.09. The minimum absolute atomic E-state index is 0. The first-order chi connectivity index (χ1) is 11.9. The van der Waals surface area contributed by atoms with E-state index < -0.39 is 6.03 Å². The number of halogens is 1. The Morgan fingerprint density at radius 3 is 2.04 bits per heavy atom. The number of urea groups is 1. The van der Waals surface area contributed by atoms with Gasteiger partial charge in [0.1, 0.15) is 0 Å². The van der Waals surface area contributed by atoms with E-state index in [9.17, 15) is 9.59 Å². The fourth-order valence-corrected chi connectivity index (χ4v) is 2.55. The topological polar surface area (TPSA) is 110 Å². The van der Waals surface area contributed by atoms with E-state index in [0.29, 0.717) is 5.69 Å². The van der Waals surface area contributed by atoms with Gasteiger partial charge in [-0.15, -0.1) is 12.4 Å². The van der Waals surface area contributed by atoms with Crippen molar-refractivity contribution in [2.24, 2.45) is 17.4 Å². The maximum absolute atomic E-state index is 12.5. The number of amides is 3. The van der Waals surface area contributed by atoms with Crippen molar-refractivity contribution in [1.82, 2.24) is 5.32 Å². The van der Waals surface area contributed by atoms with Crippen molar-refractivity contribution < 1.29 is 9.59 Å². The summed E-state index contributed by atoms with van der Waals surface area (Å²) in [5.41, 5.74) is 13.7. The number of nitrogens with one attached hydrogen (secondary N) is 2. The van der Waals surface area contributed by atoms with E-state index >= 15 is 0 Å². The Bertz CT molecular complexity index is 722. The molecular formula is C19H25ClN4O2. The Morgan fingerprint density at radius 2 is 1.50 bits per heavy atom. The van der Waals surface area contributed by atoms with Gasteiger partial charge in [-0.05, 0) is 30.2 Å². The molecule has 2 aromatic rings. The first-order valence-corrected chi connectivity index (χ1v) is 8.16. The van der Waals surface area contributed by atoms with E-state index in [4.69, 9.17) is 11.5 Å². The molecule has 2 aromatic carbocycles. The van der Waals surface area contributed by atoms with Gasteiger partial charge in [-0.25, -0.2) is 4.79 Å². The largest absolute Gasteiger partial charge is 0.351 e. The Morgan fingerprint density at radius 1 is 0.923 bits per heavy atom. The fraction of sp³-hybridized carbons (Fsp3) is 0.263. The molecule has 0 heterocycles. The quantitative estimate of drug-likeness (QED) is 0.621. The monoisotopic (exact) mass is 376 g/mol. The molecule has 0 bridgehead atoms. The lowest BCUT2D eigenvalue weighted by atomic mass is 9.94. The molecule has 0 aliphatic heterocycles. The van der Waals surface area contributed by atoms with E-state index in [2.05, 4.69) is 10.6 Å². The zero-order chi connectivity index (χ0) is 18.4. The van der Waals surface area contributed by atoms with Crippen molar-refractivity contribution in [2.75, 3.05) is 5.32 Å². The molecule has 26 heavy (non-hydrogen) atoms. The maximum atomic E-state index is 12.5. The lowest BCUT2D eigenvalue weighted by Crippen LogP contribution is -2.36. The standard InChI is InChI=1S/C19H24N4O2.ClH/c1-12(17(20)15-6-4-3-5-7-15)18(24)22-13(2)14-8-10-16(11-9-14)23-19(21)25;/h3-13,17H,20H2,1-2H3,(H,22,24)(H3,21,23,25);1H. The molecule has 0 aliphatic rings. The molecule has 0 fully saturated rings. The van der Waals surface area contributed by atoms with Crippen molar-refractivity contribution in [3.05, 3.63) is 65.7 Å². The second kappa shape index (κ2) is 9.79. The summed E-state index contributed by atoms with van der Waals surface area (Å²) < 4.78 is 0. The Labute approximate surface area is 159 Å². The predicted octanol–water partition coefficient (Wildman–Crippen LogP) is 3.11. The molecule has 0 aromatic heterocycles. The van der Waals surface area contributed by atoms with Crippen LogP contribution in [0.2, 0.25) is 0 Å². The van der Waals surface area contributed by atoms with E-state index in [1.807, 2.05) is 56.3 Å². The second-order valence-electron chi connectivity index (χ2n) is 6.07. The summed E-state index contributed by atoms with van der Waals surface area (Å²) in [4.78, 5) is 23.3. The highest BCUT2D eigenvalue weighted by Gasteiger charge is 2.23. The summed E-state index contributed by atoms with van der Waals surface area (Å²) >= 11 is 0. The molecule has 0 aliphatic carbocycles. The van der Waals surface area contributed by atoms with Gasteiger partial charge in [0.05, 0.1) is 12.0 Å². The number of primary amides is 1. The average molecular weight is 377 g/mol. The summed E-state index contributed by atoms with van der Waals surface area (Å²) in [5, 5.41) is 5.47. The SMILES string of the molecule is CC(NC(=O)C(C)C(N)c1ccccc1)c1ccc(NC(N)=O)cc1.Cl. The molecule has 0 spiro atoms. The van der Waals surface area contributed by atoms with E-state index in [1.54, 1.807) is 12.1 Å². The van der Waals surface area contributed by atoms with Gasteiger partial charge in [0.2, 0.25) is 5.91 Å². The van der Waals surface area contributed by atoms with Crippen LogP contribution in [-0.2, 0) is 4.79 Å². The van der Waals surface area contributed by atoms with Gasteiger partial charge in [-0.1, -0.05) is 49.4 Å². The second-order valence-corrected chi connectivity index (χ2v) is 6.07. The molecule has 0 saturated carbocycles. The van der Waals surface area contributed by atoms with Crippen LogP contribution >= 0.6 is 12.4 Å².